The smallest absolute Gasteiger partial charge is 0.256 e. The minimum atomic E-state index is -0.481. The van der Waals surface area contributed by atoms with Crippen molar-refractivity contribution in [1.29, 1.82) is 0 Å². The van der Waals surface area contributed by atoms with E-state index in [1.54, 1.807) is 10.7 Å². The van der Waals surface area contributed by atoms with Crippen LogP contribution in [0, 0.1) is 5.82 Å². The van der Waals surface area contributed by atoms with Gasteiger partial charge in [0.1, 0.15) is 6.10 Å². The Labute approximate surface area is 201 Å². The lowest BCUT2D eigenvalue weighted by Crippen LogP contribution is -2.45. The Balaban J connectivity index is 0.000000821. The Morgan fingerprint density at radius 3 is 2.67 bits per heavy atom. The number of fused-ring (bicyclic) bond motifs is 1. The number of ether oxygens (including phenoxy) is 1. The third-order valence-electron chi connectivity index (χ3n) is 5.80. The highest BCUT2D eigenvalue weighted by Crippen LogP contribution is 2.31. The van der Waals surface area contributed by atoms with Crippen molar-refractivity contribution >= 4 is 35.1 Å². The molecular formula is C21H26Cl2FN7O2. The van der Waals surface area contributed by atoms with Gasteiger partial charge in [0.2, 0.25) is 5.82 Å². The Hall–Kier alpha value is -2.24. The zero-order valence-corrected chi connectivity index (χ0v) is 19.8. The van der Waals surface area contributed by atoms with E-state index in [0.29, 0.717) is 31.3 Å². The second kappa shape index (κ2) is 11.3. The van der Waals surface area contributed by atoms with Crippen LogP contribution >= 0.6 is 23.7 Å². The van der Waals surface area contributed by atoms with E-state index in [1.165, 1.54) is 0 Å². The molecule has 0 radical (unpaired) electrons. The van der Waals surface area contributed by atoms with E-state index in [9.17, 15) is 0 Å². The van der Waals surface area contributed by atoms with Gasteiger partial charge in [0.15, 0.2) is 11.6 Å². The van der Waals surface area contributed by atoms with E-state index >= 15 is 4.39 Å². The summed E-state index contributed by atoms with van der Waals surface area (Å²) in [6.45, 7) is 4.80. The minimum Gasteiger partial charge on any atom is -0.471 e. The molecule has 0 spiro atoms. The summed E-state index contributed by atoms with van der Waals surface area (Å²) in [4.78, 5) is 13.4. The van der Waals surface area contributed by atoms with Crippen LogP contribution in [0.25, 0.3) is 16.9 Å². The van der Waals surface area contributed by atoms with Crippen LogP contribution in [-0.2, 0) is 3.84 Å². The number of likely N-dealkylation sites (N-methyl/N-ethyl adjacent to an activating group) is 1. The first kappa shape index (κ1) is 23.9. The van der Waals surface area contributed by atoms with Gasteiger partial charge in [-0.3, -0.25) is 0 Å². The Kier molecular flexibility index (Phi) is 8.15. The molecule has 9 nitrogen and oxygen atoms in total. The number of rotatable bonds is 4. The van der Waals surface area contributed by atoms with Crippen molar-refractivity contribution in [3.8, 4) is 17.3 Å². The van der Waals surface area contributed by atoms with E-state index in [4.69, 9.17) is 4.74 Å². The van der Waals surface area contributed by atoms with Crippen molar-refractivity contribution in [2.24, 2.45) is 0 Å². The summed E-state index contributed by atoms with van der Waals surface area (Å²) >= 11 is 8.53. The fourth-order valence-electron chi connectivity index (χ4n) is 4.03. The molecule has 0 saturated carbocycles. The van der Waals surface area contributed by atoms with Crippen LogP contribution in [0.2, 0.25) is 0 Å². The Morgan fingerprint density at radius 2 is 1.94 bits per heavy atom. The Bertz CT molecular complexity index is 1060. The maximum absolute atomic E-state index is 15.5. The lowest BCUT2D eigenvalue weighted by Gasteiger charge is -2.33. The number of pyridine rings is 1. The molecule has 0 unspecified atom stereocenters. The highest BCUT2D eigenvalue weighted by atomic mass is 35.6. The molecule has 5 heterocycles. The summed E-state index contributed by atoms with van der Waals surface area (Å²) in [6, 6.07) is 5.81. The number of nitrogens with one attached hydrogen (secondary N) is 1. The van der Waals surface area contributed by atoms with E-state index in [1.807, 2.05) is 29.3 Å². The van der Waals surface area contributed by atoms with Crippen molar-refractivity contribution < 1.29 is 13.0 Å². The van der Waals surface area contributed by atoms with Crippen molar-refractivity contribution in [3.05, 3.63) is 36.4 Å². The van der Waals surface area contributed by atoms with Crippen molar-refractivity contribution in [3.63, 3.8) is 0 Å². The average molecular weight is 498 g/mol. The van der Waals surface area contributed by atoms with Gasteiger partial charge in [-0.1, -0.05) is 6.07 Å². The quantitative estimate of drug-likeness (QED) is 0.588. The molecule has 178 valence electrons. The summed E-state index contributed by atoms with van der Waals surface area (Å²) in [5.74, 6) is 0.288. The van der Waals surface area contributed by atoms with E-state index in [2.05, 4.69) is 59.9 Å². The summed E-state index contributed by atoms with van der Waals surface area (Å²) in [5.41, 5.74) is 1.64. The number of piperazine rings is 1. The summed E-state index contributed by atoms with van der Waals surface area (Å²) in [7, 11) is 2.07. The highest BCUT2D eigenvalue weighted by Gasteiger charge is 2.27. The number of halogens is 3. The van der Waals surface area contributed by atoms with Crippen molar-refractivity contribution in [2.75, 3.05) is 51.2 Å². The van der Waals surface area contributed by atoms with Crippen LogP contribution in [0.3, 0.4) is 0 Å². The first-order valence-electron chi connectivity index (χ1n) is 10.8. The number of hydrogen-bond acceptors (Lipinski definition) is 8. The monoisotopic (exact) mass is 497 g/mol. The SMILES string of the molecule is CN1CCN(c2nc(-c3cnn4ccccc34)nc(O[C@@H]3CCCNC3)c2F)CC1.ClOCl. The maximum Gasteiger partial charge on any atom is 0.256 e. The molecule has 12 heteroatoms. The highest BCUT2D eigenvalue weighted by molar-refractivity contribution is 6.24. The summed E-state index contributed by atoms with van der Waals surface area (Å²) in [5, 5.41) is 7.69. The first-order valence-corrected chi connectivity index (χ1v) is 11.4. The van der Waals surface area contributed by atoms with Crippen molar-refractivity contribution in [1.82, 2.24) is 29.8 Å². The van der Waals surface area contributed by atoms with E-state index < -0.39 is 5.82 Å². The van der Waals surface area contributed by atoms with Crippen LogP contribution in [0.4, 0.5) is 10.2 Å². The molecule has 1 atom stereocenters. The van der Waals surface area contributed by atoms with Crippen LogP contribution in [0.15, 0.2) is 30.6 Å². The van der Waals surface area contributed by atoms with Gasteiger partial charge < -0.3 is 19.9 Å². The van der Waals surface area contributed by atoms with Gasteiger partial charge in [0.05, 0.1) is 41.0 Å². The number of nitrogens with zero attached hydrogens (tertiary/aromatic N) is 6. The van der Waals surface area contributed by atoms with Gasteiger partial charge in [0.25, 0.3) is 5.88 Å². The molecule has 0 aromatic carbocycles. The molecule has 3 aromatic heterocycles. The molecule has 0 amide bonds. The number of aromatic nitrogens is 4. The summed E-state index contributed by atoms with van der Waals surface area (Å²) < 4.78 is 26.5. The zero-order valence-electron chi connectivity index (χ0n) is 18.3. The predicted molar refractivity (Wildman–Crippen MR) is 125 cm³/mol. The van der Waals surface area contributed by atoms with Crippen LogP contribution in [0.5, 0.6) is 5.88 Å². The van der Waals surface area contributed by atoms with Crippen molar-refractivity contribution in [2.45, 2.75) is 18.9 Å². The molecule has 2 aliphatic rings. The van der Waals surface area contributed by atoms with Gasteiger partial charge in [-0.25, -0.2) is 9.50 Å². The largest absolute Gasteiger partial charge is 0.471 e. The minimum absolute atomic E-state index is 0.0258. The second-order valence-electron chi connectivity index (χ2n) is 8.01. The van der Waals surface area contributed by atoms with Gasteiger partial charge in [0, 0.05) is 38.9 Å². The molecule has 5 rings (SSSR count). The third kappa shape index (κ3) is 5.64. The van der Waals surface area contributed by atoms with Gasteiger partial charge in [-0.05, 0) is 38.6 Å². The maximum atomic E-state index is 15.5. The molecular weight excluding hydrogens is 472 g/mol. The fourth-order valence-corrected chi connectivity index (χ4v) is 4.03. The number of hydrogen-bond donors (Lipinski definition) is 1. The summed E-state index contributed by atoms with van der Waals surface area (Å²) in [6.07, 6.45) is 5.38. The molecule has 1 N–H and O–H groups in total. The molecule has 2 fully saturated rings. The fraction of sp³-hybridized carbons (Fsp3) is 0.476. The lowest BCUT2D eigenvalue weighted by atomic mass is 10.1. The molecule has 0 bridgehead atoms. The van der Waals surface area contributed by atoms with E-state index in [0.717, 1.165) is 43.6 Å². The molecule has 2 aliphatic heterocycles. The van der Waals surface area contributed by atoms with Crippen LogP contribution in [0.1, 0.15) is 12.8 Å². The average Bonchev–Trinajstić information content (AvgIpc) is 3.27. The zero-order chi connectivity index (χ0) is 23.2. The van der Waals surface area contributed by atoms with Gasteiger partial charge in [-0.2, -0.15) is 18.3 Å². The Morgan fingerprint density at radius 1 is 1.15 bits per heavy atom. The topological polar surface area (TPSA) is 80.1 Å². The predicted octanol–water partition coefficient (Wildman–Crippen LogP) is 3.12. The lowest BCUT2D eigenvalue weighted by molar-refractivity contribution is 0.153. The van der Waals surface area contributed by atoms with Crippen LogP contribution < -0.4 is 15.0 Å². The van der Waals surface area contributed by atoms with Crippen LogP contribution in [-0.4, -0.2) is 76.9 Å². The number of anilines is 1. The molecule has 33 heavy (non-hydrogen) atoms. The standard InChI is InChI=1S/C21H26FN7O.Cl2O/c1-27-9-11-28(12-10-27)20-18(22)21(30-15-5-4-7-23-13-15)26-19(25-20)16-14-24-29-8-3-2-6-17(16)29;1-3-2/h2-3,6,8,14-15,23H,4-5,7,9-13H2,1H3;/t15-;/m1./s1. The number of piperidine rings is 1. The second-order valence-corrected chi connectivity index (χ2v) is 8.48. The molecule has 3 aromatic rings. The first-order chi connectivity index (χ1) is 16.1. The molecule has 0 aliphatic carbocycles. The van der Waals surface area contributed by atoms with Gasteiger partial charge in [-0.15, -0.1) is 0 Å². The normalized spacial score (nSPS) is 19.3. The van der Waals surface area contributed by atoms with E-state index in [-0.39, 0.29) is 12.0 Å². The third-order valence-corrected chi connectivity index (χ3v) is 5.80. The van der Waals surface area contributed by atoms with Gasteiger partial charge >= 0.3 is 0 Å². The molecule has 2 saturated heterocycles.